The maximum Gasteiger partial charge on any atom is 0.253 e. The van der Waals surface area contributed by atoms with Crippen LogP contribution in [0.5, 0.6) is 0 Å². The Balaban J connectivity index is 2.19. The Morgan fingerprint density at radius 3 is 2.75 bits per heavy atom. The first-order chi connectivity index (χ1) is 7.66. The van der Waals surface area contributed by atoms with E-state index in [0.29, 0.717) is 13.1 Å². The second kappa shape index (κ2) is 4.30. The van der Waals surface area contributed by atoms with E-state index >= 15 is 0 Å². The third kappa shape index (κ3) is 2.18. The van der Waals surface area contributed by atoms with E-state index in [9.17, 15) is 4.79 Å². The maximum absolute atomic E-state index is 11.7. The lowest BCUT2D eigenvalue weighted by molar-refractivity contribution is 0.508. The fourth-order valence-corrected chi connectivity index (χ4v) is 1.67. The van der Waals surface area contributed by atoms with Crippen LogP contribution >= 0.6 is 0 Å². The first-order valence-electron chi connectivity index (χ1n) is 5.19. The number of aryl methyl sites for hydroxylation is 3. The summed E-state index contributed by atoms with van der Waals surface area (Å²) in [5.74, 6) is 0.747. The number of rotatable bonds is 3. The summed E-state index contributed by atoms with van der Waals surface area (Å²) < 4.78 is 3.46. The molecule has 0 fully saturated rings. The van der Waals surface area contributed by atoms with Crippen LogP contribution in [0.25, 0.3) is 0 Å². The van der Waals surface area contributed by atoms with Gasteiger partial charge in [0.15, 0.2) is 0 Å². The summed E-state index contributed by atoms with van der Waals surface area (Å²) in [5, 5.41) is 4.09. The summed E-state index contributed by atoms with van der Waals surface area (Å²) in [4.78, 5) is 16.0. The van der Waals surface area contributed by atoms with E-state index in [2.05, 4.69) is 10.1 Å². The molecule has 0 unspecified atom stereocenters. The SMILES string of the molecule is Cc1cc(=O)n(CCn2cccn2)c(C)n1. The Morgan fingerprint density at radius 2 is 2.12 bits per heavy atom. The van der Waals surface area contributed by atoms with Crippen LogP contribution in [-0.4, -0.2) is 19.3 Å². The lowest BCUT2D eigenvalue weighted by atomic mass is 10.4. The molecular formula is C11H14N4O. The third-order valence-corrected chi connectivity index (χ3v) is 2.44. The van der Waals surface area contributed by atoms with Gasteiger partial charge in [0.1, 0.15) is 5.82 Å². The minimum absolute atomic E-state index is 0.00263. The van der Waals surface area contributed by atoms with Gasteiger partial charge in [0.2, 0.25) is 0 Å². The van der Waals surface area contributed by atoms with Crippen LogP contribution in [0.3, 0.4) is 0 Å². The molecule has 2 rings (SSSR count). The summed E-state index contributed by atoms with van der Waals surface area (Å²) in [6, 6.07) is 3.42. The van der Waals surface area contributed by atoms with Crippen molar-refractivity contribution in [2.75, 3.05) is 0 Å². The Bertz CT molecular complexity index is 527. The van der Waals surface area contributed by atoms with Gasteiger partial charge >= 0.3 is 0 Å². The molecule has 84 valence electrons. The molecule has 0 spiro atoms. The van der Waals surface area contributed by atoms with E-state index in [1.807, 2.05) is 26.1 Å². The van der Waals surface area contributed by atoms with Gasteiger partial charge in [-0.05, 0) is 19.9 Å². The third-order valence-electron chi connectivity index (χ3n) is 2.44. The summed E-state index contributed by atoms with van der Waals surface area (Å²) >= 11 is 0. The molecule has 0 saturated carbocycles. The number of hydrogen-bond acceptors (Lipinski definition) is 3. The summed E-state index contributed by atoms with van der Waals surface area (Å²) in [6.45, 7) is 4.95. The molecular weight excluding hydrogens is 204 g/mol. The van der Waals surface area contributed by atoms with Crippen molar-refractivity contribution in [1.29, 1.82) is 0 Å². The minimum Gasteiger partial charge on any atom is -0.295 e. The quantitative estimate of drug-likeness (QED) is 0.764. The molecule has 0 aromatic carbocycles. The van der Waals surface area contributed by atoms with E-state index in [1.165, 1.54) is 0 Å². The first-order valence-corrected chi connectivity index (χ1v) is 5.19. The van der Waals surface area contributed by atoms with E-state index in [4.69, 9.17) is 0 Å². The molecule has 5 heteroatoms. The summed E-state index contributed by atoms with van der Waals surface area (Å²) in [7, 11) is 0. The first kappa shape index (κ1) is 10.6. The van der Waals surface area contributed by atoms with E-state index in [-0.39, 0.29) is 5.56 Å². The van der Waals surface area contributed by atoms with Gasteiger partial charge in [0.05, 0.1) is 6.54 Å². The highest BCUT2D eigenvalue weighted by atomic mass is 16.1. The van der Waals surface area contributed by atoms with Crippen molar-refractivity contribution >= 4 is 0 Å². The highest BCUT2D eigenvalue weighted by molar-refractivity contribution is 5.01. The van der Waals surface area contributed by atoms with Gasteiger partial charge in [-0.25, -0.2) is 4.98 Å². The molecule has 0 aliphatic rings. The largest absolute Gasteiger partial charge is 0.295 e. The van der Waals surface area contributed by atoms with Gasteiger partial charge in [0.25, 0.3) is 5.56 Å². The molecule has 0 amide bonds. The fraction of sp³-hybridized carbons (Fsp3) is 0.364. The van der Waals surface area contributed by atoms with Crippen LogP contribution in [0.4, 0.5) is 0 Å². The normalized spacial score (nSPS) is 10.6. The van der Waals surface area contributed by atoms with Crippen LogP contribution in [0.1, 0.15) is 11.5 Å². The zero-order chi connectivity index (χ0) is 11.5. The van der Waals surface area contributed by atoms with Crippen molar-refractivity contribution in [3.8, 4) is 0 Å². The second-order valence-electron chi connectivity index (χ2n) is 3.70. The number of hydrogen-bond donors (Lipinski definition) is 0. The van der Waals surface area contributed by atoms with Crippen molar-refractivity contribution in [3.05, 3.63) is 46.4 Å². The molecule has 0 N–H and O–H groups in total. The van der Waals surface area contributed by atoms with Gasteiger partial charge in [-0.3, -0.25) is 14.0 Å². The predicted molar refractivity (Wildman–Crippen MR) is 60.2 cm³/mol. The standard InChI is InChI=1S/C11H14N4O/c1-9-8-11(16)15(10(2)13-9)7-6-14-5-3-4-12-14/h3-5,8H,6-7H2,1-2H3. The summed E-state index contributed by atoms with van der Waals surface area (Å²) in [6.07, 6.45) is 3.60. The Morgan fingerprint density at radius 1 is 1.31 bits per heavy atom. The van der Waals surface area contributed by atoms with Crippen LogP contribution in [0, 0.1) is 13.8 Å². The van der Waals surface area contributed by atoms with Crippen molar-refractivity contribution in [2.45, 2.75) is 26.9 Å². The van der Waals surface area contributed by atoms with Gasteiger partial charge < -0.3 is 0 Å². The van der Waals surface area contributed by atoms with E-state index in [0.717, 1.165) is 11.5 Å². The highest BCUT2D eigenvalue weighted by Gasteiger charge is 2.02. The van der Waals surface area contributed by atoms with Crippen molar-refractivity contribution in [3.63, 3.8) is 0 Å². The van der Waals surface area contributed by atoms with Crippen molar-refractivity contribution in [2.24, 2.45) is 0 Å². The topological polar surface area (TPSA) is 52.7 Å². The molecule has 0 aliphatic heterocycles. The second-order valence-corrected chi connectivity index (χ2v) is 3.70. The zero-order valence-electron chi connectivity index (χ0n) is 9.42. The monoisotopic (exact) mass is 218 g/mol. The van der Waals surface area contributed by atoms with Crippen molar-refractivity contribution < 1.29 is 0 Å². The van der Waals surface area contributed by atoms with E-state index < -0.39 is 0 Å². The maximum atomic E-state index is 11.7. The van der Waals surface area contributed by atoms with Crippen LogP contribution < -0.4 is 5.56 Å². The molecule has 2 aromatic rings. The minimum atomic E-state index is -0.00263. The van der Waals surface area contributed by atoms with Crippen molar-refractivity contribution in [1.82, 2.24) is 19.3 Å². The highest BCUT2D eigenvalue weighted by Crippen LogP contribution is 1.95. The van der Waals surface area contributed by atoms with Gasteiger partial charge in [-0.15, -0.1) is 0 Å². The predicted octanol–water partition coefficient (Wildman–Crippen LogP) is 0.757. The van der Waals surface area contributed by atoms with Crippen LogP contribution in [0.15, 0.2) is 29.3 Å². The van der Waals surface area contributed by atoms with Crippen LogP contribution in [0.2, 0.25) is 0 Å². The lowest BCUT2D eigenvalue weighted by Crippen LogP contribution is -2.25. The van der Waals surface area contributed by atoms with Gasteiger partial charge in [0, 0.05) is 30.7 Å². The number of aromatic nitrogens is 4. The molecule has 0 atom stereocenters. The average molecular weight is 218 g/mol. The fourth-order valence-electron chi connectivity index (χ4n) is 1.67. The molecule has 2 heterocycles. The lowest BCUT2D eigenvalue weighted by Gasteiger charge is -2.09. The molecule has 5 nitrogen and oxygen atoms in total. The molecule has 0 bridgehead atoms. The Kier molecular flexibility index (Phi) is 2.85. The number of nitrogens with zero attached hydrogens (tertiary/aromatic N) is 4. The summed E-state index contributed by atoms with van der Waals surface area (Å²) in [5.41, 5.74) is 0.759. The van der Waals surface area contributed by atoms with Crippen LogP contribution in [-0.2, 0) is 13.1 Å². The van der Waals surface area contributed by atoms with Gasteiger partial charge in [-0.2, -0.15) is 5.10 Å². The zero-order valence-corrected chi connectivity index (χ0v) is 9.42. The molecule has 0 saturated heterocycles. The average Bonchev–Trinajstić information content (AvgIpc) is 2.68. The molecule has 16 heavy (non-hydrogen) atoms. The smallest absolute Gasteiger partial charge is 0.253 e. The Hall–Kier alpha value is -1.91. The van der Waals surface area contributed by atoms with Gasteiger partial charge in [-0.1, -0.05) is 0 Å². The Labute approximate surface area is 93.4 Å². The molecule has 2 aromatic heterocycles. The molecule has 0 aliphatic carbocycles. The van der Waals surface area contributed by atoms with E-state index in [1.54, 1.807) is 21.5 Å². The molecule has 0 radical (unpaired) electrons.